The molecule has 0 atom stereocenters. The average molecular weight is 304 g/mol. The molecule has 2 heterocycles. The summed E-state index contributed by atoms with van der Waals surface area (Å²) in [6, 6.07) is 4.06. The number of hydrogen-bond acceptors (Lipinski definition) is 4. The predicted molar refractivity (Wildman–Crippen MR) is 82.3 cm³/mol. The Morgan fingerprint density at radius 1 is 1.26 bits per heavy atom. The van der Waals surface area contributed by atoms with E-state index in [1.54, 1.807) is 6.20 Å². The van der Waals surface area contributed by atoms with Gasteiger partial charge >= 0.3 is 0 Å². The van der Waals surface area contributed by atoms with Gasteiger partial charge in [0.05, 0.1) is 12.7 Å². The molecule has 0 aromatic carbocycles. The van der Waals surface area contributed by atoms with Crippen molar-refractivity contribution >= 4 is 30.6 Å². The molecule has 0 amide bonds. The molecule has 2 rings (SSSR count). The van der Waals surface area contributed by atoms with Gasteiger partial charge in [-0.05, 0) is 17.7 Å². The zero-order chi connectivity index (χ0) is 12.3. The summed E-state index contributed by atoms with van der Waals surface area (Å²) in [4.78, 5) is 6.26. The first-order chi connectivity index (χ1) is 8.19. The lowest BCUT2D eigenvalue weighted by Gasteiger charge is -2.12. The fourth-order valence-corrected chi connectivity index (χ4v) is 1.59. The summed E-state index contributed by atoms with van der Waals surface area (Å²) in [5.41, 5.74) is 7.77. The number of halogens is 2. The molecule has 0 saturated heterocycles. The lowest BCUT2D eigenvalue weighted by Crippen LogP contribution is -2.11. The molecule has 106 valence electrons. The monoisotopic (exact) mass is 303 g/mol. The second-order valence-electron chi connectivity index (χ2n) is 4.17. The number of rotatable bonds is 4. The van der Waals surface area contributed by atoms with Crippen molar-refractivity contribution in [2.75, 3.05) is 19.0 Å². The largest absolute Gasteiger partial charge is 0.363 e. The highest BCUT2D eigenvalue weighted by Gasteiger charge is 2.01. The first kappa shape index (κ1) is 17.7. The molecule has 0 saturated carbocycles. The van der Waals surface area contributed by atoms with E-state index in [1.165, 1.54) is 5.56 Å². The quantitative estimate of drug-likeness (QED) is 0.934. The molecule has 0 aliphatic rings. The van der Waals surface area contributed by atoms with Crippen LogP contribution in [0.5, 0.6) is 0 Å². The molecule has 2 N–H and O–H groups in total. The fraction of sp³-hybridized carbons (Fsp3) is 0.333. The smallest absolute Gasteiger partial charge is 0.128 e. The van der Waals surface area contributed by atoms with Gasteiger partial charge in [-0.2, -0.15) is 5.10 Å². The number of anilines is 1. The standard InChI is InChI=1S/C12H17N5.2ClH/c1-16(2)12-5-10(3-4-14-12)8-17-9-11(6-13)7-15-17;;/h3-5,7,9H,6,8,13H2,1-2H3;2*1H. The van der Waals surface area contributed by atoms with Crippen molar-refractivity contribution in [2.24, 2.45) is 5.73 Å². The van der Waals surface area contributed by atoms with Gasteiger partial charge in [0.25, 0.3) is 0 Å². The summed E-state index contributed by atoms with van der Waals surface area (Å²) < 4.78 is 1.89. The lowest BCUT2D eigenvalue weighted by molar-refractivity contribution is 0.685. The second-order valence-corrected chi connectivity index (χ2v) is 4.17. The molecule has 7 heteroatoms. The number of aromatic nitrogens is 3. The van der Waals surface area contributed by atoms with E-state index in [2.05, 4.69) is 16.1 Å². The van der Waals surface area contributed by atoms with E-state index in [0.29, 0.717) is 6.54 Å². The first-order valence-corrected chi connectivity index (χ1v) is 5.52. The van der Waals surface area contributed by atoms with Crippen LogP contribution in [0.1, 0.15) is 11.1 Å². The van der Waals surface area contributed by atoms with Crippen molar-refractivity contribution in [1.29, 1.82) is 0 Å². The van der Waals surface area contributed by atoms with Gasteiger partial charge in [0.2, 0.25) is 0 Å². The number of pyridine rings is 1. The normalized spacial score (nSPS) is 9.42. The Kier molecular flexibility index (Phi) is 7.44. The van der Waals surface area contributed by atoms with Gasteiger partial charge in [0, 0.05) is 38.6 Å². The minimum absolute atomic E-state index is 0. The molecule has 2 aromatic rings. The molecular formula is C12H19Cl2N5. The summed E-state index contributed by atoms with van der Waals surface area (Å²) in [5.74, 6) is 0.953. The van der Waals surface area contributed by atoms with Crippen molar-refractivity contribution in [2.45, 2.75) is 13.1 Å². The second kappa shape index (κ2) is 7.99. The van der Waals surface area contributed by atoms with Crippen molar-refractivity contribution in [3.63, 3.8) is 0 Å². The third-order valence-corrected chi connectivity index (χ3v) is 2.54. The van der Waals surface area contributed by atoms with Gasteiger partial charge in [-0.3, -0.25) is 4.68 Å². The Labute approximate surface area is 125 Å². The minimum atomic E-state index is 0. The molecule has 2 aromatic heterocycles. The maximum atomic E-state index is 5.55. The van der Waals surface area contributed by atoms with Crippen LogP contribution in [0.15, 0.2) is 30.7 Å². The summed E-state index contributed by atoms with van der Waals surface area (Å²) in [6.45, 7) is 1.27. The summed E-state index contributed by atoms with van der Waals surface area (Å²) in [5, 5.41) is 4.26. The van der Waals surface area contributed by atoms with Gasteiger partial charge in [0.1, 0.15) is 5.82 Å². The third kappa shape index (κ3) is 4.70. The summed E-state index contributed by atoms with van der Waals surface area (Å²) in [7, 11) is 3.96. The van der Waals surface area contributed by atoms with Crippen LogP contribution in [0.25, 0.3) is 0 Å². The van der Waals surface area contributed by atoms with Crippen LogP contribution in [0.3, 0.4) is 0 Å². The maximum Gasteiger partial charge on any atom is 0.128 e. The van der Waals surface area contributed by atoms with E-state index >= 15 is 0 Å². The molecule has 0 aliphatic carbocycles. The Morgan fingerprint density at radius 3 is 2.58 bits per heavy atom. The van der Waals surface area contributed by atoms with Crippen LogP contribution in [-0.2, 0) is 13.1 Å². The Hall–Kier alpha value is -1.30. The molecule has 0 bridgehead atoms. The highest BCUT2D eigenvalue weighted by Crippen LogP contribution is 2.10. The van der Waals surface area contributed by atoms with Crippen LogP contribution in [-0.4, -0.2) is 28.9 Å². The van der Waals surface area contributed by atoms with Crippen molar-refractivity contribution in [3.8, 4) is 0 Å². The van der Waals surface area contributed by atoms with Gasteiger partial charge in [-0.25, -0.2) is 4.98 Å². The van der Waals surface area contributed by atoms with Crippen LogP contribution in [0.2, 0.25) is 0 Å². The maximum absolute atomic E-state index is 5.55. The molecular weight excluding hydrogens is 285 g/mol. The Balaban J connectivity index is 0.00000162. The zero-order valence-electron chi connectivity index (χ0n) is 11.0. The lowest BCUT2D eigenvalue weighted by atomic mass is 10.2. The van der Waals surface area contributed by atoms with E-state index < -0.39 is 0 Å². The van der Waals surface area contributed by atoms with Gasteiger partial charge in [-0.1, -0.05) is 0 Å². The van der Waals surface area contributed by atoms with Crippen molar-refractivity contribution < 1.29 is 0 Å². The average Bonchev–Trinajstić information content (AvgIpc) is 2.77. The van der Waals surface area contributed by atoms with Crippen LogP contribution in [0.4, 0.5) is 5.82 Å². The van der Waals surface area contributed by atoms with Crippen molar-refractivity contribution in [1.82, 2.24) is 14.8 Å². The molecule has 0 fully saturated rings. The Bertz CT molecular complexity index is 498. The van der Waals surface area contributed by atoms with Gasteiger partial charge in [0.15, 0.2) is 0 Å². The van der Waals surface area contributed by atoms with Crippen molar-refractivity contribution in [3.05, 3.63) is 41.9 Å². The molecule has 0 aliphatic heterocycles. The molecule has 0 radical (unpaired) electrons. The fourth-order valence-electron chi connectivity index (χ4n) is 1.59. The Morgan fingerprint density at radius 2 is 2.00 bits per heavy atom. The van der Waals surface area contributed by atoms with Crippen LogP contribution in [0, 0.1) is 0 Å². The molecule has 0 spiro atoms. The third-order valence-electron chi connectivity index (χ3n) is 2.54. The molecule has 19 heavy (non-hydrogen) atoms. The first-order valence-electron chi connectivity index (χ1n) is 5.52. The predicted octanol–water partition coefficient (Wildman–Crippen LogP) is 1.69. The zero-order valence-corrected chi connectivity index (χ0v) is 12.6. The summed E-state index contributed by atoms with van der Waals surface area (Å²) in [6.07, 6.45) is 5.59. The molecule has 0 unspecified atom stereocenters. The van der Waals surface area contributed by atoms with E-state index in [1.807, 2.05) is 42.1 Å². The number of hydrogen-bond donors (Lipinski definition) is 1. The van der Waals surface area contributed by atoms with Crippen LogP contribution >= 0.6 is 24.8 Å². The highest BCUT2D eigenvalue weighted by molar-refractivity contribution is 5.85. The van der Waals surface area contributed by atoms with E-state index in [-0.39, 0.29) is 24.8 Å². The van der Waals surface area contributed by atoms with E-state index in [9.17, 15) is 0 Å². The topological polar surface area (TPSA) is 60.0 Å². The number of nitrogens with two attached hydrogens (primary N) is 1. The van der Waals surface area contributed by atoms with Crippen LogP contribution < -0.4 is 10.6 Å². The SMILES string of the molecule is CN(C)c1cc(Cn2cc(CN)cn2)ccn1.Cl.Cl. The van der Waals surface area contributed by atoms with Gasteiger partial charge in [-0.15, -0.1) is 24.8 Å². The molecule has 5 nitrogen and oxygen atoms in total. The summed E-state index contributed by atoms with van der Waals surface area (Å²) >= 11 is 0. The number of nitrogens with zero attached hydrogens (tertiary/aromatic N) is 4. The highest BCUT2D eigenvalue weighted by atomic mass is 35.5. The minimum Gasteiger partial charge on any atom is -0.363 e. The van der Waals surface area contributed by atoms with E-state index in [4.69, 9.17) is 5.73 Å². The van der Waals surface area contributed by atoms with Gasteiger partial charge < -0.3 is 10.6 Å². The van der Waals surface area contributed by atoms with E-state index in [0.717, 1.165) is 17.9 Å².